The van der Waals surface area contributed by atoms with Gasteiger partial charge in [-0.05, 0) is 73.9 Å². The second-order valence-electron chi connectivity index (χ2n) is 17.4. The van der Waals surface area contributed by atoms with Crippen molar-refractivity contribution in [1.82, 2.24) is 0 Å². The van der Waals surface area contributed by atoms with E-state index in [1.807, 2.05) is 6.21 Å². The van der Waals surface area contributed by atoms with E-state index in [0.717, 1.165) is 23.5 Å². The molecule has 0 aliphatic carbocycles. The Kier molecular flexibility index (Phi) is 38.4. The number of nitrogens with zero attached hydrogens (tertiary/aromatic N) is 2. The second kappa shape index (κ2) is 41.0. The molecule has 0 unspecified atom stereocenters. The van der Waals surface area contributed by atoms with Crippen LogP contribution in [0.5, 0.6) is 0 Å². The van der Waals surface area contributed by atoms with Gasteiger partial charge in [0, 0.05) is 22.7 Å². The molecule has 2 aromatic carbocycles. The molecule has 0 radical (unpaired) electrons. The van der Waals surface area contributed by atoms with Crippen LogP contribution in [0.4, 0.5) is 11.4 Å². The molecule has 0 N–H and O–H groups in total. The molecule has 0 aliphatic rings. The first kappa shape index (κ1) is 53.3. The fraction of sp³-hybridized carbons (Fsp3) is 0.741. The van der Waals surface area contributed by atoms with Crippen molar-refractivity contribution in [1.29, 1.82) is 0 Å². The smallest absolute Gasteiger partial charge is 0.0633 e. The quantitative estimate of drug-likeness (QED) is 0.0363. The van der Waals surface area contributed by atoms with Gasteiger partial charge < -0.3 is 0 Å². The Morgan fingerprint density at radius 3 is 0.965 bits per heavy atom. The van der Waals surface area contributed by atoms with E-state index < -0.39 is 0 Å². The Morgan fingerprint density at radius 1 is 0.351 bits per heavy atom. The molecule has 0 aliphatic heterocycles. The molecule has 57 heavy (non-hydrogen) atoms. The molecular formula is C54H92N2Ni. The van der Waals surface area contributed by atoms with Gasteiger partial charge in [0.15, 0.2) is 0 Å². The summed E-state index contributed by atoms with van der Waals surface area (Å²) in [6.45, 7) is 6.88. The van der Waals surface area contributed by atoms with Crippen LogP contribution in [-0.4, -0.2) is 11.9 Å². The van der Waals surface area contributed by atoms with E-state index in [-0.39, 0.29) is 16.5 Å². The van der Waals surface area contributed by atoms with Crippen molar-refractivity contribution in [2.45, 2.75) is 258 Å². The summed E-state index contributed by atoms with van der Waals surface area (Å²) in [5.41, 5.74) is 6.07. The van der Waals surface area contributed by atoms with Crippen LogP contribution in [0.15, 0.2) is 58.5 Å². The predicted molar refractivity (Wildman–Crippen MR) is 254 cm³/mol. The van der Waals surface area contributed by atoms with Gasteiger partial charge in [0.1, 0.15) is 0 Å². The summed E-state index contributed by atoms with van der Waals surface area (Å²) in [5.74, 6) is 0. The third-order valence-electron chi connectivity index (χ3n) is 11.9. The first-order valence-corrected chi connectivity index (χ1v) is 25.0. The average molecular weight is 828 g/mol. The van der Waals surface area contributed by atoms with Gasteiger partial charge in [-0.25, -0.2) is 0 Å². The average Bonchev–Trinajstić information content (AvgIpc) is 3.22. The molecular weight excluding hydrogens is 735 g/mol. The van der Waals surface area contributed by atoms with Gasteiger partial charge in [-0.3, -0.25) is 9.98 Å². The summed E-state index contributed by atoms with van der Waals surface area (Å²) in [7, 11) is 0. The van der Waals surface area contributed by atoms with Crippen molar-refractivity contribution in [3.63, 3.8) is 0 Å². The van der Waals surface area contributed by atoms with Gasteiger partial charge >= 0.3 is 0 Å². The monoisotopic (exact) mass is 827 g/mol. The Bertz CT molecular complexity index is 1170. The minimum Gasteiger partial charge on any atom is -0.255 e. The number of aliphatic imine (C=N–C) groups is 2. The van der Waals surface area contributed by atoms with E-state index in [9.17, 15) is 0 Å². The van der Waals surface area contributed by atoms with Crippen molar-refractivity contribution in [3.05, 3.63) is 59.7 Å². The van der Waals surface area contributed by atoms with Crippen LogP contribution in [0.2, 0.25) is 0 Å². The number of hydrogen-bond acceptors (Lipinski definition) is 2. The van der Waals surface area contributed by atoms with Crippen LogP contribution in [0.25, 0.3) is 0 Å². The summed E-state index contributed by atoms with van der Waals surface area (Å²) in [4.78, 5) is 9.96. The molecule has 3 heteroatoms. The van der Waals surface area contributed by atoms with Crippen molar-refractivity contribution in [2.24, 2.45) is 9.98 Å². The standard InChI is InChI=1S/C54H92N2.Ni/c1-4-7-10-13-15-17-19-21-23-25-27-29-31-33-35-38-50-41-45-52(46-42-50)55-49-54(40-37-12-9-6-3)56-53-47-43-51(44-48-53)39-36-34-32-30-28-26-24-22-20-18-16-14-11-8-5-2;/h41-49H,4-40H2,1-3H3;/b55-49+,56-54+;. The molecule has 0 saturated heterocycles. The van der Waals surface area contributed by atoms with Crippen LogP contribution in [0.3, 0.4) is 0 Å². The number of aryl methyl sites for hydroxylation is 2. The molecule has 328 valence electrons. The van der Waals surface area contributed by atoms with Crippen molar-refractivity contribution in [3.8, 4) is 0 Å². The molecule has 0 aromatic heterocycles. The van der Waals surface area contributed by atoms with Gasteiger partial charge in [-0.1, -0.05) is 244 Å². The zero-order valence-electron chi connectivity index (χ0n) is 38.1. The topological polar surface area (TPSA) is 24.7 Å². The fourth-order valence-electron chi connectivity index (χ4n) is 8.08. The van der Waals surface area contributed by atoms with Crippen molar-refractivity contribution >= 4 is 23.3 Å². The molecule has 0 fully saturated rings. The molecule has 2 nitrogen and oxygen atoms in total. The fourth-order valence-corrected chi connectivity index (χ4v) is 8.08. The van der Waals surface area contributed by atoms with Crippen LogP contribution in [0.1, 0.15) is 257 Å². The third kappa shape index (κ3) is 32.8. The van der Waals surface area contributed by atoms with Crippen LogP contribution >= 0.6 is 0 Å². The molecule has 0 spiro atoms. The van der Waals surface area contributed by atoms with E-state index >= 15 is 0 Å². The molecule has 0 heterocycles. The molecule has 2 rings (SSSR count). The SMILES string of the molecule is CCCCCCCCCCCCCCCCCc1ccc(/N=C/C(CCCCCC)=N/c2ccc(CCCCCCCCCCCCCCCCC)cc2)cc1.[Ni]. The van der Waals surface area contributed by atoms with E-state index in [1.165, 1.54) is 242 Å². The maximum atomic E-state index is 5.08. The minimum atomic E-state index is 0. The van der Waals surface area contributed by atoms with Gasteiger partial charge in [-0.15, -0.1) is 0 Å². The number of benzene rings is 2. The summed E-state index contributed by atoms with van der Waals surface area (Å²) in [5, 5.41) is 0. The molecule has 0 bridgehead atoms. The molecule has 2 aromatic rings. The molecule has 0 saturated carbocycles. The largest absolute Gasteiger partial charge is 0.255 e. The zero-order valence-corrected chi connectivity index (χ0v) is 39.1. The number of hydrogen-bond donors (Lipinski definition) is 0. The van der Waals surface area contributed by atoms with E-state index in [1.54, 1.807) is 0 Å². The second-order valence-corrected chi connectivity index (χ2v) is 17.4. The van der Waals surface area contributed by atoms with Gasteiger partial charge in [0.05, 0.1) is 17.1 Å². The maximum absolute atomic E-state index is 5.08. The van der Waals surface area contributed by atoms with Crippen LogP contribution in [0, 0.1) is 0 Å². The van der Waals surface area contributed by atoms with E-state index in [4.69, 9.17) is 9.98 Å². The number of rotatable bonds is 40. The predicted octanol–water partition coefficient (Wildman–Crippen LogP) is 19.0. The zero-order chi connectivity index (χ0) is 39.8. The first-order chi connectivity index (χ1) is 27.7. The summed E-state index contributed by atoms with van der Waals surface area (Å²) in [6, 6.07) is 18.0. The Hall–Kier alpha value is -1.73. The van der Waals surface area contributed by atoms with Gasteiger partial charge in [0.25, 0.3) is 0 Å². The van der Waals surface area contributed by atoms with Crippen molar-refractivity contribution < 1.29 is 16.5 Å². The van der Waals surface area contributed by atoms with E-state index in [2.05, 4.69) is 69.3 Å². The first-order valence-electron chi connectivity index (χ1n) is 25.0. The third-order valence-corrected chi connectivity index (χ3v) is 11.9. The normalized spacial score (nSPS) is 11.8. The van der Waals surface area contributed by atoms with Crippen LogP contribution in [-0.2, 0) is 29.3 Å². The van der Waals surface area contributed by atoms with Crippen molar-refractivity contribution in [2.75, 3.05) is 0 Å². The Balaban J connectivity index is 0.0000162. The Labute approximate surface area is 366 Å². The summed E-state index contributed by atoms with van der Waals surface area (Å²) < 4.78 is 0. The summed E-state index contributed by atoms with van der Waals surface area (Å²) in [6.07, 6.45) is 52.9. The van der Waals surface area contributed by atoms with Gasteiger partial charge in [0.2, 0.25) is 0 Å². The molecule has 0 atom stereocenters. The summed E-state index contributed by atoms with van der Waals surface area (Å²) >= 11 is 0. The Morgan fingerprint density at radius 2 is 0.632 bits per heavy atom. The maximum Gasteiger partial charge on any atom is 0.0633 e. The number of unbranched alkanes of at least 4 members (excludes halogenated alkanes) is 31. The van der Waals surface area contributed by atoms with Gasteiger partial charge in [-0.2, -0.15) is 0 Å². The van der Waals surface area contributed by atoms with Crippen LogP contribution < -0.4 is 0 Å². The van der Waals surface area contributed by atoms with E-state index in [0.29, 0.717) is 0 Å². The minimum absolute atomic E-state index is 0. The molecule has 0 amide bonds.